The number of aryl methyl sites for hydroxylation is 1. The lowest BCUT2D eigenvalue weighted by atomic mass is 9.58. The summed E-state index contributed by atoms with van der Waals surface area (Å²) in [6, 6.07) is 8.52. The standard InChI is InChI=1S/C24H38N6O2.HI/c1-7-24(8-2)20(15-21(24)32-6)27-23(26-16-22-29-28-17(3)30(22)4)25-14-13-18-9-11-19(31-5)12-10-18;/h9-12,20-21H,7-8,13-16H2,1-6H3,(H2,25,26,27);1H. The van der Waals surface area contributed by atoms with Crippen LogP contribution in [0.4, 0.5) is 0 Å². The molecule has 0 aliphatic heterocycles. The molecule has 33 heavy (non-hydrogen) atoms. The Bertz CT molecular complexity index is 895. The molecule has 0 radical (unpaired) electrons. The smallest absolute Gasteiger partial charge is 0.191 e. The van der Waals surface area contributed by atoms with E-state index in [0.717, 1.165) is 55.6 Å². The fraction of sp³-hybridized carbons (Fsp3) is 0.625. The van der Waals surface area contributed by atoms with E-state index in [2.05, 4.69) is 46.8 Å². The molecule has 1 aromatic heterocycles. The average molecular weight is 571 g/mol. The van der Waals surface area contributed by atoms with Gasteiger partial charge in [0, 0.05) is 32.2 Å². The highest BCUT2D eigenvalue weighted by atomic mass is 127. The molecule has 0 spiro atoms. The van der Waals surface area contributed by atoms with E-state index in [0.29, 0.717) is 12.6 Å². The second-order valence-corrected chi connectivity index (χ2v) is 8.51. The van der Waals surface area contributed by atoms with Crippen LogP contribution < -0.4 is 15.4 Å². The summed E-state index contributed by atoms with van der Waals surface area (Å²) in [4.78, 5) is 4.84. The second-order valence-electron chi connectivity index (χ2n) is 8.51. The van der Waals surface area contributed by atoms with Crippen LogP contribution in [0.1, 0.15) is 50.3 Å². The summed E-state index contributed by atoms with van der Waals surface area (Å²) >= 11 is 0. The first-order chi connectivity index (χ1) is 15.5. The predicted octanol–water partition coefficient (Wildman–Crippen LogP) is 3.62. The molecule has 1 aliphatic carbocycles. The van der Waals surface area contributed by atoms with Gasteiger partial charge in [0.15, 0.2) is 11.8 Å². The summed E-state index contributed by atoms with van der Waals surface area (Å²) < 4.78 is 13.0. The Labute approximate surface area is 215 Å². The van der Waals surface area contributed by atoms with Crippen LogP contribution >= 0.6 is 24.0 Å². The Hall–Kier alpha value is -1.88. The van der Waals surface area contributed by atoms with Crippen LogP contribution in [0.2, 0.25) is 0 Å². The second kappa shape index (κ2) is 12.5. The third-order valence-electron chi connectivity index (χ3n) is 7.12. The molecule has 9 heteroatoms. The number of halogens is 1. The van der Waals surface area contributed by atoms with Gasteiger partial charge < -0.3 is 24.7 Å². The fourth-order valence-electron chi connectivity index (χ4n) is 4.65. The SMILES string of the molecule is CCC1(CC)C(NC(=NCc2nnc(C)n2C)NCCc2ccc(OC)cc2)CC1OC.I. The molecule has 8 nitrogen and oxygen atoms in total. The zero-order valence-electron chi connectivity index (χ0n) is 20.7. The van der Waals surface area contributed by atoms with E-state index in [4.69, 9.17) is 14.5 Å². The molecule has 0 saturated heterocycles. The number of methoxy groups -OCH3 is 2. The number of aromatic nitrogens is 3. The summed E-state index contributed by atoms with van der Waals surface area (Å²) in [5, 5.41) is 15.6. The quantitative estimate of drug-likeness (QED) is 0.258. The minimum atomic E-state index is 0. The molecule has 0 bridgehead atoms. The van der Waals surface area contributed by atoms with Gasteiger partial charge in [-0.1, -0.05) is 26.0 Å². The molecule has 184 valence electrons. The molecule has 1 fully saturated rings. The minimum absolute atomic E-state index is 0. The molecular formula is C24H39IN6O2. The lowest BCUT2D eigenvalue weighted by Crippen LogP contribution is -2.65. The van der Waals surface area contributed by atoms with Gasteiger partial charge >= 0.3 is 0 Å². The van der Waals surface area contributed by atoms with Gasteiger partial charge in [-0.3, -0.25) is 0 Å². The molecular weight excluding hydrogens is 531 g/mol. The Kier molecular flexibility index (Phi) is 10.4. The van der Waals surface area contributed by atoms with Crippen molar-refractivity contribution in [2.24, 2.45) is 17.5 Å². The zero-order chi connectivity index (χ0) is 23.1. The Balaban J connectivity index is 0.00000385. The first kappa shape index (κ1) is 27.4. The lowest BCUT2D eigenvalue weighted by Gasteiger charge is -2.55. The highest BCUT2D eigenvalue weighted by molar-refractivity contribution is 14.0. The summed E-state index contributed by atoms with van der Waals surface area (Å²) in [7, 11) is 5.48. The first-order valence-corrected chi connectivity index (χ1v) is 11.5. The molecule has 1 saturated carbocycles. The van der Waals surface area contributed by atoms with Crippen LogP contribution in [0.25, 0.3) is 0 Å². The van der Waals surface area contributed by atoms with E-state index < -0.39 is 0 Å². The number of benzene rings is 1. The predicted molar refractivity (Wildman–Crippen MR) is 142 cm³/mol. The maximum absolute atomic E-state index is 5.77. The van der Waals surface area contributed by atoms with E-state index in [1.165, 1.54) is 5.56 Å². The van der Waals surface area contributed by atoms with Crippen molar-refractivity contribution in [2.45, 2.75) is 65.1 Å². The molecule has 2 aromatic rings. The monoisotopic (exact) mass is 570 g/mol. The van der Waals surface area contributed by atoms with Crippen molar-refractivity contribution in [1.29, 1.82) is 0 Å². The molecule has 2 unspecified atom stereocenters. The van der Waals surface area contributed by atoms with Gasteiger partial charge in [-0.2, -0.15) is 0 Å². The third kappa shape index (κ3) is 6.17. The largest absolute Gasteiger partial charge is 0.497 e. The minimum Gasteiger partial charge on any atom is -0.497 e. The van der Waals surface area contributed by atoms with E-state index in [1.54, 1.807) is 7.11 Å². The topological polar surface area (TPSA) is 85.6 Å². The van der Waals surface area contributed by atoms with Crippen molar-refractivity contribution < 1.29 is 9.47 Å². The van der Waals surface area contributed by atoms with Gasteiger partial charge in [0.1, 0.15) is 18.1 Å². The zero-order valence-corrected chi connectivity index (χ0v) is 23.1. The maximum Gasteiger partial charge on any atom is 0.191 e. The molecule has 3 rings (SSSR count). The highest BCUT2D eigenvalue weighted by Crippen LogP contribution is 2.48. The van der Waals surface area contributed by atoms with E-state index in [-0.39, 0.29) is 35.5 Å². The van der Waals surface area contributed by atoms with Gasteiger partial charge in [0.25, 0.3) is 0 Å². The summed E-state index contributed by atoms with van der Waals surface area (Å²) in [5.74, 6) is 3.41. The van der Waals surface area contributed by atoms with Crippen molar-refractivity contribution in [3.63, 3.8) is 0 Å². The summed E-state index contributed by atoms with van der Waals surface area (Å²) in [6.45, 7) is 7.70. The third-order valence-corrected chi connectivity index (χ3v) is 7.12. The Morgan fingerprint density at radius 3 is 2.42 bits per heavy atom. The van der Waals surface area contributed by atoms with Crippen molar-refractivity contribution in [3.05, 3.63) is 41.5 Å². The van der Waals surface area contributed by atoms with Crippen LogP contribution in [-0.2, 0) is 24.8 Å². The fourth-order valence-corrected chi connectivity index (χ4v) is 4.65. The molecule has 2 atom stereocenters. The number of hydrogen-bond donors (Lipinski definition) is 2. The van der Waals surface area contributed by atoms with Crippen molar-refractivity contribution in [3.8, 4) is 5.75 Å². The van der Waals surface area contributed by atoms with E-state index in [9.17, 15) is 0 Å². The number of nitrogens with one attached hydrogen (secondary N) is 2. The number of guanidine groups is 1. The summed E-state index contributed by atoms with van der Waals surface area (Å²) in [6.07, 6.45) is 4.31. The van der Waals surface area contributed by atoms with Gasteiger partial charge in [-0.25, -0.2) is 4.99 Å². The first-order valence-electron chi connectivity index (χ1n) is 11.5. The van der Waals surface area contributed by atoms with Gasteiger partial charge in [-0.15, -0.1) is 34.2 Å². The average Bonchev–Trinajstić information content (AvgIpc) is 3.13. The van der Waals surface area contributed by atoms with Crippen LogP contribution in [0.3, 0.4) is 0 Å². The van der Waals surface area contributed by atoms with Crippen molar-refractivity contribution >= 4 is 29.9 Å². The maximum atomic E-state index is 5.77. The lowest BCUT2D eigenvalue weighted by molar-refractivity contribution is -0.118. The Morgan fingerprint density at radius 1 is 1.18 bits per heavy atom. The van der Waals surface area contributed by atoms with Crippen molar-refractivity contribution in [2.75, 3.05) is 20.8 Å². The Morgan fingerprint density at radius 2 is 1.88 bits per heavy atom. The van der Waals surface area contributed by atoms with E-state index >= 15 is 0 Å². The van der Waals surface area contributed by atoms with Crippen LogP contribution in [0.5, 0.6) is 5.75 Å². The number of hydrogen-bond acceptors (Lipinski definition) is 5. The summed E-state index contributed by atoms with van der Waals surface area (Å²) in [5.41, 5.74) is 1.38. The van der Waals surface area contributed by atoms with Gasteiger partial charge in [0.2, 0.25) is 0 Å². The molecule has 1 aromatic carbocycles. The van der Waals surface area contributed by atoms with Gasteiger partial charge in [0.05, 0.1) is 13.2 Å². The van der Waals surface area contributed by atoms with Crippen molar-refractivity contribution in [1.82, 2.24) is 25.4 Å². The normalized spacial score (nSPS) is 19.4. The van der Waals surface area contributed by atoms with Gasteiger partial charge in [-0.05, 0) is 50.3 Å². The highest BCUT2D eigenvalue weighted by Gasteiger charge is 2.53. The number of aliphatic imine (C=N–C) groups is 1. The van der Waals surface area contributed by atoms with Crippen LogP contribution in [0.15, 0.2) is 29.3 Å². The molecule has 2 N–H and O–H groups in total. The molecule has 1 aliphatic rings. The number of ether oxygens (including phenoxy) is 2. The van der Waals surface area contributed by atoms with Crippen LogP contribution in [-0.4, -0.2) is 53.6 Å². The van der Waals surface area contributed by atoms with E-state index in [1.807, 2.05) is 37.8 Å². The number of rotatable bonds is 10. The number of nitrogens with zero attached hydrogens (tertiary/aromatic N) is 4. The molecule has 0 amide bonds. The van der Waals surface area contributed by atoms with Crippen LogP contribution in [0, 0.1) is 12.3 Å². The molecule has 1 heterocycles.